The Morgan fingerprint density at radius 1 is 1.76 bits per heavy atom. The normalized spacial score (nSPS) is 29.1. The molecule has 0 spiro atoms. The minimum absolute atomic E-state index is 0.248. The van der Waals surface area contributed by atoms with E-state index in [-0.39, 0.29) is 5.91 Å². The number of thioether (sulfide) groups is 1. The Balaban J connectivity index is 2.03. The maximum absolute atomic E-state index is 11.6. The van der Waals surface area contributed by atoms with E-state index < -0.39 is 5.54 Å². The smallest absolute Gasteiger partial charge is 0.237 e. The molecule has 2 atom stereocenters. The first kappa shape index (κ1) is 12.8. The van der Waals surface area contributed by atoms with Gasteiger partial charge in [-0.2, -0.15) is 0 Å². The number of primary amides is 1. The number of carbonyl (C=O) groups excluding carboxylic acids is 1. The van der Waals surface area contributed by atoms with E-state index in [1.165, 1.54) is 11.3 Å². The van der Waals surface area contributed by atoms with Gasteiger partial charge in [-0.05, 0) is 32.7 Å². The molecule has 5 nitrogen and oxygen atoms in total. The zero-order valence-corrected chi connectivity index (χ0v) is 11.3. The highest BCUT2D eigenvalue weighted by atomic mass is 32.2. The zero-order chi connectivity index (χ0) is 12.3. The summed E-state index contributed by atoms with van der Waals surface area (Å²) in [5.74, 6) is -0.248. The fraction of sp³-hybridized carbons (Fsp3) is 0.700. The fourth-order valence-corrected chi connectivity index (χ4v) is 4.33. The summed E-state index contributed by atoms with van der Waals surface area (Å²) in [7, 11) is 1.81. The third-order valence-corrected chi connectivity index (χ3v) is 5.34. The average molecular weight is 272 g/mol. The predicted molar refractivity (Wildman–Crippen MR) is 69.0 cm³/mol. The van der Waals surface area contributed by atoms with Crippen molar-refractivity contribution in [3.63, 3.8) is 0 Å². The lowest BCUT2D eigenvalue weighted by Crippen LogP contribution is -2.57. The Hall–Kier alpha value is -0.660. The highest BCUT2D eigenvalue weighted by Crippen LogP contribution is 2.38. The van der Waals surface area contributed by atoms with Gasteiger partial charge in [0.25, 0.3) is 0 Å². The van der Waals surface area contributed by atoms with Gasteiger partial charge in [0.15, 0.2) is 4.34 Å². The number of amides is 1. The van der Waals surface area contributed by atoms with E-state index in [2.05, 4.69) is 15.5 Å². The first-order chi connectivity index (χ1) is 8.16. The molecule has 1 heterocycles. The van der Waals surface area contributed by atoms with Gasteiger partial charge in [-0.1, -0.05) is 23.1 Å². The van der Waals surface area contributed by atoms with Crippen molar-refractivity contribution in [1.82, 2.24) is 15.5 Å². The monoisotopic (exact) mass is 272 g/mol. The lowest BCUT2D eigenvalue weighted by Gasteiger charge is -2.37. The molecule has 1 fully saturated rings. The van der Waals surface area contributed by atoms with Crippen LogP contribution in [-0.4, -0.2) is 33.9 Å². The van der Waals surface area contributed by atoms with E-state index in [0.717, 1.165) is 30.0 Å². The van der Waals surface area contributed by atoms with Crippen molar-refractivity contribution in [2.75, 3.05) is 7.05 Å². The second-order valence-corrected chi connectivity index (χ2v) is 6.62. The zero-order valence-electron chi connectivity index (χ0n) is 9.68. The molecule has 7 heteroatoms. The van der Waals surface area contributed by atoms with Crippen LogP contribution < -0.4 is 11.1 Å². The Morgan fingerprint density at radius 3 is 3.18 bits per heavy atom. The molecule has 1 amide bonds. The molecule has 0 saturated heterocycles. The maximum Gasteiger partial charge on any atom is 0.237 e. The van der Waals surface area contributed by atoms with Crippen LogP contribution in [-0.2, 0) is 4.79 Å². The molecule has 17 heavy (non-hydrogen) atoms. The van der Waals surface area contributed by atoms with E-state index in [4.69, 9.17) is 5.73 Å². The highest BCUT2D eigenvalue weighted by molar-refractivity contribution is 8.01. The van der Waals surface area contributed by atoms with Crippen LogP contribution in [0.2, 0.25) is 0 Å². The van der Waals surface area contributed by atoms with Crippen molar-refractivity contribution in [3.05, 3.63) is 5.51 Å². The molecule has 1 aliphatic carbocycles. The third kappa shape index (κ3) is 2.78. The van der Waals surface area contributed by atoms with Crippen LogP contribution in [0.15, 0.2) is 9.85 Å². The number of likely N-dealkylation sites (N-methyl/N-ethyl adjacent to an activating group) is 1. The summed E-state index contributed by atoms with van der Waals surface area (Å²) >= 11 is 3.24. The standard InChI is InChI=1S/C10H16N4OS2/c1-12-10(8(11)15)4-2-3-7(5-10)17-9-14-13-6-16-9/h6-7,12H,2-5H2,1H3,(H2,11,15). The fourth-order valence-electron chi connectivity index (χ4n) is 2.26. The van der Waals surface area contributed by atoms with Gasteiger partial charge in [0.1, 0.15) is 5.51 Å². The molecular weight excluding hydrogens is 256 g/mol. The molecule has 0 radical (unpaired) electrons. The molecule has 0 bridgehead atoms. The van der Waals surface area contributed by atoms with E-state index in [9.17, 15) is 4.79 Å². The molecule has 94 valence electrons. The van der Waals surface area contributed by atoms with Gasteiger partial charge in [-0.3, -0.25) is 4.79 Å². The van der Waals surface area contributed by atoms with Crippen LogP contribution in [0.25, 0.3) is 0 Å². The van der Waals surface area contributed by atoms with E-state index in [1.54, 1.807) is 17.3 Å². The van der Waals surface area contributed by atoms with Crippen molar-refractivity contribution in [2.45, 2.75) is 40.8 Å². The number of nitrogens with two attached hydrogens (primary N) is 1. The van der Waals surface area contributed by atoms with Gasteiger partial charge in [0.2, 0.25) is 5.91 Å². The molecule has 1 aromatic rings. The van der Waals surface area contributed by atoms with Crippen LogP contribution in [0, 0.1) is 0 Å². The Kier molecular flexibility index (Phi) is 4.01. The van der Waals surface area contributed by atoms with Crippen LogP contribution in [0.3, 0.4) is 0 Å². The highest BCUT2D eigenvalue weighted by Gasteiger charge is 2.40. The summed E-state index contributed by atoms with van der Waals surface area (Å²) < 4.78 is 0.964. The summed E-state index contributed by atoms with van der Waals surface area (Å²) in [4.78, 5) is 11.6. The van der Waals surface area contributed by atoms with Gasteiger partial charge in [-0.15, -0.1) is 10.2 Å². The van der Waals surface area contributed by atoms with Gasteiger partial charge in [0.05, 0.1) is 5.54 Å². The van der Waals surface area contributed by atoms with E-state index >= 15 is 0 Å². The van der Waals surface area contributed by atoms with Gasteiger partial charge in [-0.25, -0.2) is 0 Å². The van der Waals surface area contributed by atoms with Crippen LogP contribution in [0.5, 0.6) is 0 Å². The summed E-state index contributed by atoms with van der Waals surface area (Å²) in [5.41, 5.74) is 6.70. The summed E-state index contributed by atoms with van der Waals surface area (Å²) in [6.07, 6.45) is 3.70. The van der Waals surface area contributed by atoms with E-state index in [1.807, 2.05) is 7.05 Å². The molecule has 0 aliphatic heterocycles. The van der Waals surface area contributed by atoms with E-state index in [0.29, 0.717) is 5.25 Å². The maximum atomic E-state index is 11.6. The van der Waals surface area contributed by atoms with Crippen molar-refractivity contribution in [3.8, 4) is 0 Å². The Bertz CT molecular complexity index is 384. The topological polar surface area (TPSA) is 80.9 Å². The first-order valence-electron chi connectivity index (χ1n) is 5.58. The summed E-state index contributed by atoms with van der Waals surface area (Å²) in [6, 6.07) is 0. The first-order valence-corrected chi connectivity index (χ1v) is 7.34. The minimum atomic E-state index is -0.541. The second-order valence-electron chi connectivity index (χ2n) is 4.24. The number of nitrogens with zero attached hydrogens (tertiary/aromatic N) is 2. The number of nitrogens with one attached hydrogen (secondary N) is 1. The number of hydrogen-bond acceptors (Lipinski definition) is 6. The number of rotatable bonds is 4. The molecule has 0 aromatic carbocycles. The lowest BCUT2D eigenvalue weighted by atomic mass is 9.81. The van der Waals surface area contributed by atoms with Gasteiger partial charge in [0, 0.05) is 5.25 Å². The van der Waals surface area contributed by atoms with Crippen molar-refractivity contribution < 1.29 is 4.79 Å². The van der Waals surface area contributed by atoms with Crippen LogP contribution in [0.4, 0.5) is 0 Å². The summed E-state index contributed by atoms with van der Waals surface area (Å²) in [6.45, 7) is 0. The molecule has 1 saturated carbocycles. The quantitative estimate of drug-likeness (QED) is 0.855. The number of aromatic nitrogens is 2. The van der Waals surface area contributed by atoms with Gasteiger partial charge < -0.3 is 11.1 Å². The molecule has 2 unspecified atom stereocenters. The minimum Gasteiger partial charge on any atom is -0.368 e. The van der Waals surface area contributed by atoms with Crippen molar-refractivity contribution >= 4 is 29.0 Å². The average Bonchev–Trinajstić information content (AvgIpc) is 2.82. The molecule has 3 N–H and O–H groups in total. The van der Waals surface area contributed by atoms with Gasteiger partial charge >= 0.3 is 0 Å². The second kappa shape index (κ2) is 5.32. The number of hydrogen-bond donors (Lipinski definition) is 2. The molecular formula is C10H16N4OS2. The number of carbonyl (C=O) groups is 1. The van der Waals surface area contributed by atoms with Crippen LogP contribution in [0.1, 0.15) is 25.7 Å². The molecule has 1 aromatic heterocycles. The SMILES string of the molecule is CNC1(C(N)=O)CCCC(Sc2nncs2)C1. The predicted octanol–water partition coefficient (Wildman–Crippen LogP) is 1.02. The molecule has 2 rings (SSSR count). The largest absolute Gasteiger partial charge is 0.368 e. The molecule has 1 aliphatic rings. The summed E-state index contributed by atoms with van der Waals surface area (Å²) in [5, 5.41) is 11.3. The van der Waals surface area contributed by atoms with Crippen LogP contribution >= 0.6 is 23.1 Å². The lowest BCUT2D eigenvalue weighted by molar-refractivity contribution is -0.125. The van der Waals surface area contributed by atoms with Crippen molar-refractivity contribution in [2.24, 2.45) is 5.73 Å². The Labute approximate surface area is 109 Å². The Morgan fingerprint density at radius 2 is 2.59 bits per heavy atom. The third-order valence-electron chi connectivity index (χ3n) is 3.26. The van der Waals surface area contributed by atoms with Crippen molar-refractivity contribution in [1.29, 1.82) is 0 Å².